The van der Waals surface area contributed by atoms with E-state index in [4.69, 9.17) is 14.0 Å². The van der Waals surface area contributed by atoms with Crippen molar-refractivity contribution in [3.05, 3.63) is 47.2 Å². The van der Waals surface area contributed by atoms with Gasteiger partial charge in [-0.3, -0.25) is 14.4 Å². The van der Waals surface area contributed by atoms with E-state index in [1.54, 1.807) is 6.20 Å². The number of hydrogen-bond acceptors (Lipinski definition) is 6. The standard InChI is InChI=1S/C26H41N2O4P/c1-10-31-33(30,32-11-2)18-28(9)17-19-13-12-14-27-23(19)20-15-21(25(3,4)5)24(29)22(16-20)26(6,7)8/h12-16,29H,10-11,17-18H2,1-9H3. The zero-order chi connectivity index (χ0) is 25.0. The van der Waals surface area contributed by atoms with Crippen LogP contribution in [0, 0.1) is 0 Å². The van der Waals surface area contributed by atoms with Crippen LogP contribution in [-0.4, -0.2) is 41.5 Å². The van der Waals surface area contributed by atoms with E-state index in [0.29, 0.717) is 25.5 Å². The van der Waals surface area contributed by atoms with E-state index >= 15 is 0 Å². The predicted molar refractivity (Wildman–Crippen MR) is 136 cm³/mol. The van der Waals surface area contributed by atoms with Crippen LogP contribution in [0.15, 0.2) is 30.5 Å². The second kappa shape index (κ2) is 10.7. The molecule has 0 spiro atoms. The highest BCUT2D eigenvalue weighted by Gasteiger charge is 2.29. The van der Waals surface area contributed by atoms with Crippen LogP contribution in [0.25, 0.3) is 11.3 Å². The first-order valence-electron chi connectivity index (χ1n) is 11.6. The Morgan fingerprint density at radius 3 is 1.97 bits per heavy atom. The fourth-order valence-corrected chi connectivity index (χ4v) is 5.61. The smallest absolute Gasteiger partial charge is 0.344 e. The molecule has 0 saturated carbocycles. The second-order valence-corrected chi connectivity index (χ2v) is 12.6. The quantitative estimate of drug-likeness (QED) is 0.406. The van der Waals surface area contributed by atoms with Gasteiger partial charge in [0.2, 0.25) is 0 Å². The molecule has 0 aliphatic carbocycles. The number of benzene rings is 1. The maximum Gasteiger partial charge on any atom is 0.344 e. The van der Waals surface area contributed by atoms with Crippen LogP contribution in [-0.2, 0) is 31.0 Å². The van der Waals surface area contributed by atoms with Crippen LogP contribution in [0.1, 0.15) is 72.1 Å². The first kappa shape index (κ1) is 27.5. The van der Waals surface area contributed by atoms with Gasteiger partial charge >= 0.3 is 7.60 Å². The second-order valence-electron chi connectivity index (χ2n) is 10.5. The molecule has 0 atom stereocenters. The Labute approximate surface area is 199 Å². The summed E-state index contributed by atoms with van der Waals surface area (Å²) < 4.78 is 23.9. The van der Waals surface area contributed by atoms with Crippen LogP contribution in [0.5, 0.6) is 5.75 Å². The number of phenolic OH excluding ortho intramolecular Hbond substituents is 1. The van der Waals surface area contributed by atoms with Crippen molar-refractivity contribution in [3.8, 4) is 17.0 Å². The molecule has 0 radical (unpaired) electrons. The fraction of sp³-hybridized carbons (Fsp3) is 0.577. The van der Waals surface area contributed by atoms with Crippen LogP contribution in [0.3, 0.4) is 0 Å². The molecule has 2 rings (SSSR count). The highest BCUT2D eigenvalue weighted by molar-refractivity contribution is 7.53. The normalized spacial score (nSPS) is 13.0. The van der Waals surface area contributed by atoms with E-state index in [0.717, 1.165) is 27.9 Å². The van der Waals surface area contributed by atoms with E-state index in [2.05, 4.69) is 41.5 Å². The van der Waals surface area contributed by atoms with Gasteiger partial charge in [0.05, 0.1) is 18.9 Å². The van der Waals surface area contributed by atoms with Crippen molar-refractivity contribution >= 4 is 7.60 Å². The van der Waals surface area contributed by atoms with Crippen LogP contribution in [0.4, 0.5) is 0 Å². The van der Waals surface area contributed by atoms with Gasteiger partial charge in [-0.2, -0.15) is 0 Å². The summed E-state index contributed by atoms with van der Waals surface area (Å²) in [5.41, 5.74) is 4.15. The Bertz CT molecular complexity index is 948. The average molecular weight is 477 g/mol. The Kier molecular flexibility index (Phi) is 8.92. The molecule has 0 aliphatic heterocycles. The van der Waals surface area contributed by atoms with Crippen molar-refractivity contribution in [2.75, 3.05) is 26.5 Å². The number of nitrogens with zero attached hydrogens (tertiary/aromatic N) is 2. The number of hydrogen-bond donors (Lipinski definition) is 1. The van der Waals surface area contributed by atoms with E-state index in [-0.39, 0.29) is 17.1 Å². The predicted octanol–water partition coefficient (Wildman–Crippen LogP) is 6.70. The summed E-state index contributed by atoms with van der Waals surface area (Å²) >= 11 is 0. The third kappa shape index (κ3) is 7.13. The van der Waals surface area contributed by atoms with Crippen molar-refractivity contribution in [1.82, 2.24) is 9.88 Å². The minimum Gasteiger partial charge on any atom is -0.507 e. The van der Waals surface area contributed by atoms with Gasteiger partial charge in [0.25, 0.3) is 0 Å². The monoisotopic (exact) mass is 476 g/mol. The lowest BCUT2D eigenvalue weighted by molar-refractivity contribution is 0.202. The first-order valence-corrected chi connectivity index (χ1v) is 13.3. The number of rotatable bonds is 9. The van der Waals surface area contributed by atoms with Crippen LogP contribution >= 0.6 is 7.60 Å². The average Bonchev–Trinajstić information content (AvgIpc) is 2.67. The van der Waals surface area contributed by atoms with Crippen molar-refractivity contribution < 1.29 is 18.7 Å². The molecule has 1 aromatic carbocycles. The van der Waals surface area contributed by atoms with Gasteiger partial charge in [-0.05, 0) is 55.5 Å². The topological polar surface area (TPSA) is 71.9 Å². The highest BCUT2D eigenvalue weighted by atomic mass is 31.2. The third-order valence-electron chi connectivity index (χ3n) is 5.40. The molecule has 0 amide bonds. The summed E-state index contributed by atoms with van der Waals surface area (Å²) in [5, 5.41) is 11.1. The lowest BCUT2D eigenvalue weighted by atomic mass is 9.78. The van der Waals surface area contributed by atoms with E-state index in [1.165, 1.54) is 0 Å². The van der Waals surface area contributed by atoms with Crippen LogP contribution < -0.4 is 0 Å². The number of phenols is 1. The summed E-state index contributed by atoms with van der Waals surface area (Å²) in [6.07, 6.45) is 1.98. The molecular formula is C26H41N2O4P. The molecule has 1 N–H and O–H groups in total. The first-order chi connectivity index (χ1) is 15.2. The SMILES string of the molecule is CCOP(=O)(CN(C)Cc1cccnc1-c1cc(C(C)(C)C)c(O)c(C(C)(C)C)c1)OCC. The number of aromatic hydroxyl groups is 1. The zero-order valence-corrected chi connectivity index (χ0v) is 22.6. The van der Waals surface area contributed by atoms with E-state index < -0.39 is 7.60 Å². The minimum absolute atomic E-state index is 0.194. The lowest BCUT2D eigenvalue weighted by Gasteiger charge is -2.28. The molecule has 0 fully saturated rings. The molecule has 0 bridgehead atoms. The van der Waals surface area contributed by atoms with E-state index in [1.807, 2.05) is 50.1 Å². The number of pyridine rings is 1. The van der Waals surface area contributed by atoms with Crippen molar-refractivity contribution in [3.63, 3.8) is 0 Å². The zero-order valence-electron chi connectivity index (χ0n) is 21.7. The van der Waals surface area contributed by atoms with Gasteiger partial charge in [0.15, 0.2) is 0 Å². The summed E-state index contributed by atoms with van der Waals surface area (Å²) in [6, 6.07) is 8.03. The van der Waals surface area contributed by atoms with Crippen molar-refractivity contribution in [2.45, 2.75) is 72.8 Å². The maximum absolute atomic E-state index is 13.0. The third-order valence-corrected chi connectivity index (χ3v) is 7.53. The van der Waals surface area contributed by atoms with Crippen molar-refractivity contribution in [2.24, 2.45) is 0 Å². The Morgan fingerprint density at radius 2 is 1.52 bits per heavy atom. The van der Waals surface area contributed by atoms with Crippen LogP contribution in [0.2, 0.25) is 0 Å². The van der Waals surface area contributed by atoms with Gasteiger partial charge in [-0.1, -0.05) is 47.6 Å². The molecule has 6 nitrogen and oxygen atoms in total. The minimum atomic E-state index is -3.19. The van der Waals surface area contributed by atoms with Gasteiger partial charge < -0.3 is 14.2 Å². The molecule has 184 valence electrons. The van der Waals surface area contributed by atoms with Gasteiger partial charge in [0, 0.05) is 29.4 Å². The largest absolute Gasteiger partial charge is 0.507 e. The summed E-state index contributed by atoms with van der Waals surface area (Å²) in [6.45, 7) is 17.4. The summed E-state index contributed by atoms with van der Waals surface area (Å²) in [7, 11) is -1.29. The molecule has 1 aromatic heterocycles. The molecule has 33 heavy (non-hydrogen) atoms. The summed E-state index contributed by atoms with van der Waals surface area (Å²) in [5.74, 6) is 0.350. The fourth-order valence-electron chi connectivity index (χ4n) is 3.89. The Morgan fingerprint density at radius 1 is 1.00 bits per heavy atom. The van der Waals surface area contributed by atoms with Gasteiger partial charge in [-0.25, -0.2) is 0 Å². The van der Waals surface area contributed by atoms with Gasteiger partial charge in [-0.15, -0.1) is 0 Å². The lowest BCUT2D eigenvalue weighted by Crippen LogP contribution is -2.22. The van der Waals surface area contributed by atoms with Crippen molar-refractivity contribution in [1.29, 1.82) is 0 Å². The highest BCUT2D eigenvalue weighted by Crippen LogP contribution is 2.48. The summed E-state index contributed by atoms with van der Waals surface area (Å²) in [4.78, 5) is 6.65. The van der Waals surface area contributed by atoms with Gasteiger partial charge in [0.1, 0.15) is 12.0 Å². The Balaban J connectivity index is 2.51. The maximum atomic E-state index is 13.0. The molecular weight excluding hydrogens is 435 g/mol. The molecule has 0 saturated heterocycles. The molecule has 0 aliphatic rings. The van der Waals surface area contributed by atoms with E-state index in [9.17, 15) is 9.67 Å². The number of aromatic nitrogens is 1. The molecule has 2 aromatic rings. The molecule has 1 heterocycles. The molecule has 0 unspecified atom stereocenters. The Hall–Kier alpha value is -1.72. The molecule has 7 heteroatoms.